The number of aryl methyl sites for hydroxylation is 1. The number of nitrogens with zero attached hydrogens (tertiary/aromatic N) is 2. The van der Waals surface area contributed by atoms with Crippen LogP contribution in [0.15, 0.2) is 17.3 Å². The Kier molecular flexibility index (Phi) is 5.22. The van der Waals surface area contributed by atoms with Crippen LogP contribution in [0.2, 0.25) is 0 Å². The number of likely N-dealkylation sites (N-methyl/N-ethyl adjacent to an activating group) is 1. The molecule has 2 unspecified atom stereocenters. The zero-order chi connectivity index (χ0) is 13.8. The summed E-state index contributed by atoms with van der Waals surface area (Å²) in [6, 6.07) is 0. The van der Waals surface area contributed by atoms with E-state index in [1.807, 2.05) is 33.3 Å². The molecule has 1 aromatic rings. The Labute approximate surface area is 112 Å². The van der Waals surface area contributed by atoms with E-state index in [9.17, 15) is 4.79 Å². The van der Waals surface area contributed by atoms with E-state index in [1.54, 1.807) is 16.4 Å². The maximum atomic E-state index is 11.5. The van der Waals surface area contributed by atoms with Crippen molar-refractivity contribution in [1.82, 2.24) is 15.1 Å². The molecule has 1 amide bonds. The van der Waals surface area contributed by atoms with Crippen LogP contribution in [0.1, 0.15) is 27.2 Å². The molecule has 1 rings (SSSR count). The fourth-order valence-electron chi connectivity index (χ4n) is 1.96. The molecule has 0 saturated heterocycles. The van der Waals surface area contributed by atoms with Crippen molar-refractivity contribution in [3.05, 3.63) is 12.4 Å². The van der Waals surface area contributed by atoms with E-state index in [0.717, 1.165) is 11.4 Å². The van der Waals surface area contributed by atoms with Crippen molar-refractivity contribution in [3.8, 4) is 0 Å². The van der Waals surface area contributed by atoms with Crippen LogP contribution in [0.4, 0.5) is 0 Å². The average Bonchev–Trinajstić information content (AvgIpc) is 2.63. The van der Waals surface area contributed by atoms with Crippen molar-refractivity contribution in [3.63, 3.8) is 0 Å². The summed E-state index contributed by atoms with van der Waals surface area (Å²) in [7, 11) is 1.89. The van der Waals surface area contributed by atoms with E-state index in [2.05, 4.69) is 17.3 Å². The minimum absolute atomic E-state index is 0.283. The van der Waals surface area contributed by atoms with Gasteiger partial charge in [-0.15, -0.1) is 11.8 Å². The highest BCUT2D eigenvalue weighted by Crippen LogP contribution is 2.28. The number of primary amides is 1. The monoisotopic (exact) mass is 270 g/mol. The first-order valence-electron chi connectivity index (χ1n) is 6.07. The number of thioether (sulfide) groups is 1. The number of amides is 1. The molecule has 3 N–H and O–H groups in total. The normalized spacial score (nSPS) is 16.2. The van der Waals surface area contributed by atoms with Crippen LogP contribution in [-0.4, -0.2) is 33.0 Å². The predicted octanol–water partition coefficient (Wildman–Crippen LogP) is 1.14. The summed E-state index contributed by atoms with van der Waals surface area (Å²) in [5.41, 5.74) is 4.83. The van der Waals surface area contributed by atoms with Gasteiger partial charge < -0.3 is 11.1 Å². The van der Waals surface area contributed by atoms with Crippen LogP contribution in [0.5, 0.6) is 0 Å². The molecule has 0 aromatic carbocycles. The van der Waals surface area contributed by atoms with Gasteiger partial charge in [0.2, 0.25) is 5.91 Å². The molecular formula is C12H22N4OS. The molecule has 18 heavy (non-hydrogen) atoms. The van der Waals surface area contributed by atoms with Gasteiger partial charge in [0.25, 0.3) is 0 Å². The fourth-order valence-corrected chi connectivity index (χ4v) is 3.16. The molecule has 2 atom stereocenters. The summed E-state index contributed by atoms with van der Waals surface area (Å²) in [4.78, 5) is 12.6. The second-order valence-electron chi connectivity index (χ2n) is 4.71. The van der Waals surface area contributed by atoms with Gasteiger partial charge in [0.15, 0.2) is 0 Å². The van der Waals surface area contributed by atoms with Crippen molar-refractivity contribution in [1.29, 1.82) is 0 Å². The van der Waals surface area contributed by atoms with Crippen molar-refractivity contribution in [2.75, 3.05) is 6.54 Å². The second-order valence-corrected chi connectivity index (χ2v) is 6.22. The summed E-state index contributed by atoms with van der Waals surface area (Å²) in [5, 5.41) is 7.58. The smallest absolute Gasteiger partial charge is 0.237 e. The lowest BCUT2D eigenvalue weighted by Crippen LogP contribution is -2.54. The number of aromatic nitrogens is 2. The summed E-state index contributed by atoms with van der Waals surface area (Å²) in [6.07, 6.45) is 4.49. The molecule has 102 valence electrons. The van der Waals surface area contributed by atoms with Crippen molar-refractivity contribution in [2.24, 2.45) is 12.8 Å². The molecule has 0 aliphatic heterocycles. The maximum absolute atomic E-state index is 11.5. The zero-order valence-electron chi connectivity index (χ0n) is 11.4. The number of hydrogen-bond acceptors (Lipinski definition) is 4. The Balaban J connectivity index is 2.61. The molecule has 0 bridgehead atoms. The molecule has 0 spiro atoms. The Hall–Kier alpha value is -1.01. The largest absolute Gasteiger partial charge is 0.368 e. The number of hydrogen-bond donors (Lipinski definition) is 2. The van der Waals surface area contributed by atoms with Gasteiger partial charge in [0, 0.05) is 23.4 Å². The molecule has 0 aliphatic rings. The average molecular weight is 270 g/mol. The maximum Gasteiger partial charge on any atom is 0.237 e. The standard InChI is InChI=1S/C12H22N4OS/c1-5-14-12(3,11(13)17)6-9(2)18-10-7-15-16(4)8-10/h7-9,14H,5-6H2,1-4H3,(H2,13,17). The van der Waals surface area contributed by atoms with Gasteiger partial charge in [-0.25, -0.2) is 0 Å². The van der Waals surface area contributed by atoms with Crippen LogP contribution >= 0.6 is 11.8 Å². The third-order valence-electron chi connectivity index (χ3n) is 2.82. The molecule has 0 saturated carbocycles. The van der Waals surface area contributed by atoms with Crippen LogP contribution in [0.25, 0.3) is 0 Å². The molecular weight excluding hydrogens is 248 g/mol. The Morgan fingerprint density at radius 3 is 2.83 bits per heavy atom. The topological polar surface area (TPSA) is 72.9 Å². The number of rotatable bonds is 7. The Morgan fingerprint density at radius 1 is 1.72 bits per heavy atom. The molecule has 6 heteroatoms. The van der Waals surface area contributed by atoms with E-state index in [1.165, 1.54) is 0 Å². The molecule has 1 aromatic heterocycles. The van der Waals surface area contributed by atoms with Crippen LogP contribution in [-0.2, 0) is 11.8 Å². The first-order chi connectivity index (χ1) is 8.37. The lowest BCUT2D eigenvalue weighted by Gasteiger charge is -2.29. The lowest BCUT2D eigenvalue weighted by atomic mass is 9.95. The summed E-state index contributed by atoms with van der Waals surface area (Å²) in [5.74, 6) is -0.303. The highest BCUT2D eigenvalue weighted by molar-refractivity contribution is 7.99. The molecule has 0 aliphatic carbocycles. The van der Waals surface area contributed by atoms with Gasteiger partial charge in [0.1, 0.15) is 0 Å². The highest BCUT2D eigenvalue weighted by Gasteiger charge is 2.32. The number of carbonyl (C=O) groups is 1. The quantitative estimate of drug-likeness (QED) is 0.729. The zero-order valence-corrected chi connectivity index (χ0v) is 12.3. The van der Waals surface area contributed by atoms with Crippen molar-refractivity contribution < 1.29 is 4.79 Å². The second kappa shape index (κ2) is 6.24. The first-order valence-corrected chi connectivity index (χ1v) is 6.95. The highest BCUT2D eigenvalue weighted by atomic mass is 32.2. The summed E-state index contributed by atoms with van der Waals surface area (Å²) in [6.45, 7) is 6.65. The minimum Gasteiger partial charge on any atom is -0.368 e. The van der Waals surface area contributed by atoms with Gasteiger partial charge in [-0.2, -0.15) is 5.10 Å². The number of carbonyl (C=O) groups excluding carboxylic acids is 1. The first kappa shape index (κ1) is 15.0. The van der Waals surface area contributed by atoms with E-state index in [-0.39, 0.29) is 11.2 Å². The van der Waals surface area contributed by atoms with Gasteiger partial charge in [0.05, 0.1) is 11.7 Å². The third-order valence-corrected chi connectivity index (χ3v) is 3.88. The van der Waals surface area contributed by atoms with Crippen molar-refractivity contribution >= 4 is 17.7 Å². The Morgan fingerprint density at radius 2 is 2.39 bits per heavy atom. The number of nitrogens with one attached hydrogen (secondary N) is 1. The van der Waals surface area contributed by atoms with Crippen LogP contribution in [0.3, 0.4) is 0 Å². The van der Waals surface area contributed by atoms with Gasteiger partial charge in [-0.1, -0.05) is 13.8 Å². The summed E-state index contributed by atoms with van der Waals surface area (Å²) >= 11 is 1.70. The lowest BCUT2D eigenvalue weighted by molar-refractivity contribution is -0.124. The predicted molar refractivity (Wildman–Crippen MR) is 74.4 cm³/mol. The Bertz CT molecular complexity index is 407. The minimum atomic E-state index is -0.649. The molecule has 5 nitrogen and oxygen atoms in total. The van der Waals surface area contributed by atoms with Gasteiger partial charge >= 0.3 is 0 Å². The van der Waals surface area contributed by atoms with Gasteiger partial charge in [-0.05, 0) is 19.9 Å². The summed E-state index contributed by atoms with van der Waals surface area (Å²) < 4.78 is 1.77. The molecule has 0 fully saturated rings. The third kappa shape index (κ3) is 4.03. The molecule has 1 heterocycles. The van der Waals surface area contributed by atoms with Crippen LogP contribution < -0.4 is 11.1 Å². The van der Waals surface area contributed by atoms with Crippen LogP contribution in [0, 0.1) is 0 Å². The van der Waals surface area contributed by atoms with E-state index < -0.39 is 5.54 Å². The van der Waals surface area contributed by atoms with E-state index in [4.69, 9.17) is 5.73 Å². The van der Waals surface area contributed by atoms with E-state index >= 15 is 0 Å². The fraction of sp³-hybridized carbons (Fsp3) is 0.667. The van der Waals surface area contributed by atoms with E-state index in [0.29, 0.717) is 6.42 Å². The SMILES string of the molecule is CCNC(C)(CC(C)Sc1cnn(C)c1)C(N)=O. The van der Waals surface area contributed by atoms with Crippen molar-refractivity contribution in [2.45, 2.75) is 42.9 Å². The molecule has 0 radical (unpaired) electrons. The number of nitrogens with two attached hydrogens (primary N) is 1. The van der Waals surface area contributed by atoms with Gasteiger partial charge in [-0.3, -0.25) is 9.48 Å².